The van der Waals surface area contributed by atoms with Crippen LogP contribution in [0.25, 0.3) is 0 Å². The monoisotopic (exact) mass is 413 g/mol. The van der Waals surface area contributed by atoms with E-state index in [-0.39, 0.29) is 13.0 Å². The lowest BCUT2D eigenvalue weighted by Gasteiger charge is -2.30. The van der Waals surface area contributed by atoms with Crippen LogP contribution in [0.3, 0.4) is 0 Å². The number of rotatable bonds is 8. The van der Waals surface area contributed by atoms with Crippen LogP contribution in [0.4, 0.5) is 0 Å². The number of nitrogens with two attached hydrogens (primary N) is 1. The third kappa shape index (κ3) is 6.13. The predicted molar refractivity (Wildman–Crippen MR) is 98.6 cm³/mol. The van der Waals surface area contributed by atoms with E-state index in [1.165, 1.54) is 11.8 Å². The average Bonchev–Trinajstić information content (AvgIpc) is 3.08. The second-order valence-corrected chi connectivity index (χ2v) is 7.79. The minimum Gasteiger partial charge on any atom is -0.368 e. The van der Waals surface area contributed by atoms with Crippen molar-refractivity contribution in [3.63, 3.8) is 0 Å². The van der Waals surface area contributed by atoms with E-state index in [0.717, 1.165) is 0 Å². The lowest BCUT2D eigenvalue weighted by molar-refractivity contribution is -0.142. The van der Waals surface area contributed by atoms with Crippen molar-refractivity contribution < 1.29 is 33.3 Å². The molecule has 1 aliphatic heterocycles. The van der Waals surface area contributed by atoms with Gasteiger partial charge in [0.2, 0.25) is 17.7 Å². The summed E-state index contributed by atoms with van der Waals surface area (Å²) in [5, 5.41) is 2.47. The number of phosphoric acid groups is 1. The molecule has 1 saturated heterocycles. The van der Waals surface area contributed by atoms with Crippen LogP contribution >= 0.6 is 7.82 Å². The summed E-state index contributed by atoms with van der Waals surface area (Å²) in [5.41, 5.74) is 6.03. The number of hydrogen-bond donors (Lipinski definition) is 4. The highest BCUT2D eigenvalue weighted by Crippen LogP contribution is 2.38. The van der Waals surface area contributed by atoms with Crippen molar-refractivity contribution in [2.75, 3.05) is 6.54 Å². The largest absolute Gasteiger partial charge is 0.469 e. The van der Waals surface area contributed by atoms with Crippen LogP contribution in [0.15, 0.2) is 30.3 Å². The first-order valence-electron chi connectivity index (χ1n) is 8.75. The Morgan fingerprint density at radius 2 is 1.96 bits per heavy atom. The van der Waals surface area contributed by atoms with Crippen molar-refractivity contribution in [2.45, 2.75) is 44.4 Å². The second-order valence-electron chi connectivity index (χ2n) is 6.60. The molecule has 1 heterocycles. The molecule has 11 heteroatoms. The maximum Gasteiger partial charge on any atom is 0.469 e. The van der Waals surface area contributed by atoms with E-state index < -0.39 is 43.7 Å². The van der Waals surface area contributed by atoms with Crippen LogP contribution in [-0.4, -0.2) is 57.1 Å². The van der Waals surface area contributed by atoms with E-state index in [1.54, 1.807) is 30.3 Å². The van der Waals surface area contributed by atoms with Gasteiger partial charge in [0.1, 0.15) is 12.1 Å². The summed E-state index contributed by atoms with van der Waals surface area (Å²) in [7, 11) is -4.90. The predicted octanol–water partition coefficient (Wildman–Crippen LogP) is -0.312. The van der Waals surface area contributed by atoms with Gasteiger partial charge >= 0.3 is 7.82 Å². The molecule has 1 fully saturated rings. The molecule has 1 aromatic rings. The van der Waals surface area contributed by atoms with Gasteiger partial charge in [0.15, 0.2) is 0 Å². The number of primary amides is 1. The molecule has 28 heavy (non-hydrogen) atoms. The molecule has 0 saturated carbocycles. The van der Waals surface area contributed by atoms with E-state index in [4.69, 9.17) is 15.5 Å². The van der Waals surface area contributed by atoms with E-state index in [1.807, 2.05) is 0 Å². The molecule has 10 nitrogen and oxygen atoms in total. The molecular formula is C17H24N3O7P. The van der Waals surface area contributed by atoms with E-state index >= 15 is 0 Å². The summed E-state index contributed by atoms with van der Waals surface area (Å²) in [6.07, 6.45) is -0.425. The third-order valence-corrected chi connectivity index (χ3v) is 5.03. The molecule has 1 aliphatic rings. The highest BCUT2D eigenvalue weighted by Gasteiger charge is 2.40. The van der Waals surface area contributed by atoms with Gasteiger partial charge in [-0.15, -0.1) is 0 Å². The van der Waals surface area contributed by atoms with Crippen molar-refractivity contribution in [2.24, 2.45) is 5.73 Å². The molecule has 5 N–H and O–H groups in total. The lowest BCUT2D eigenvalue weighted by atomic mass is 10.1. The molecule has 154 valence electrons. The SMILES string of the molecule is C[C@@H](OP(=O)(O)O)[C@H](NC(=O)Cc1ccccc1)C(=O)N1CCC[C@H]1C(N)=O. The zero-order chi connectivity index (χ0) is 20.9. The van der Waals surface area contributed by atoms with Gasteiger partial charge in [-0.25, -0.2) is 4.57 Å². The van der Waals surface area contributed by atoms with Crippen LogP contribution in [0.2, 0.25) is 0 Å². The molecular weight excluding hydrogens is 389 g/mol. The topological polar surface area (TPSA) is 159 Å². The van der Waals surface area contributed by atoms with Crippen LogP contribution in [-0.2, 0) is 29.9 Å². The Bertz CT molecular complexity index is 767. The summed E-state index contributed by atoms with van der Waals surface area (Å²) < 4.78 is 15.8. The fraction of sp³-hybridized carbons (Fsp3) is 0.471. The number of carbonyl (C=O) groups excluding carboxylic acids is 3. The first-order valence-corrected chi connectivity index (χ1v) is 10.3. The van der Waals surface area contributed by atoms with Gasteiger partial charge in [-0.05, 0) is 25.3 Å². The summed E-state index contributed by atoms with van der Waals surface area (Å²) >= 11 is 0. The van der Waals surface area contributed by atoms with Crippen LogP contribution in [0, 0.1) is 0 Å². The molecule has 0 aliphatic carbocycles. The minimum atomic E-state index is -4.90. The Labute approximate surface area is 162 Å². The Hall–Kier alpha value is -2.26. The van der Waals surface area contributed by atoms with Gasteiger partial charge in [-0.2, -0.15) is 0 Å². The Kier molecular flexibility index (Phi) is 7.31. The molecule has 0 aromatic heterocycles. The zero-order valence-corrected chi connectivity index (χ0v) is 16.2. The van der Waals surface area contributed by atoms with Crippen molar-refractivity contribution in [3.8, 4) is 0 Å². The van der Waals surface area contributed by atoms with E-state index in [0.29, 0.717) is 18.4 Å². The van der Waals surface area contributed by atoms with Crippen LogP contribution in [0.5, 0.6) is 0 Å². The Balaban J connectivity index is 2.18. The number of hydrogen-bond acceptors (Lipinski definition) is 5. The molecule has 3 atom stereocenters. The van der Waals surface area contributed by atoms with E-state index in [9.17, 15) is 18.9 Å². The fourth-order valence-electron chi connectivity index (χ4n) is 3.17. The molecule has 3 amide bonds. The van der Waals surface area contributed by atoms with Gasteiger partial charge in [0.05, 0.1) is 12.5 Å². The van der Waals surface area contributed by atoms with Crippen LogP contribution in [0.1, 0.15) is 25.3 Å². The van der Waals surface area contributed by atoms with Gasteiger partial charge in [-0.1, -0.05) is 30.3 Å². The number of nitrogens with zero attached hydrogens (tertiary/aromatic N) is 1. The average molecular weight is 413 g/mol. The molecule has 0 bridgehead atoms. The number of benzene rings is 1. The van der Waals surface area contributed by atoms with E-state index in [2.05, 4.69) is 9.84 Å². The highest BCUT2D eigenvalue weighted by molar-refractivity contribution is 7.46. The maximum absolute atomic E-state index is 12.9. The number of nitrogens with one attached hydrogen (secondary N) is 1. The zero-order valence-electron chi connectivity index (χ0n) is 15.4. The summed E-state index contributed by atoms with van der Waals surface area (Å²) in [5.74, 6) is -1.88. The minimum absolute atomic E-state index is 0.0352. The lowest BCUT2D eigenvalue weighted by Crippen LogP contribution is -2.57. The van der Waals surface area contributed by atoms with Crippen molar-refractivity contribution >= 4 is 25.5 Å². The smallest absolute Gasteiger partial charge is 0.368 e. The molecule has 0 radical (unpaired) electrons. The maximum atomic E-state index is 12.9. The van der Waals surface area contributed by atoms with Gasteiger partial charge in [-0.3, -0.25) is 18.9 Å². The van der Waals surface area contributed by atoms with Gasteiger partial charge < -0.3 is 25.7 Å². The van der Waals surface area contributed by atoms with Gasteiger partial charge in [0, 0.05) is 6.54 Å². The number of carbonyl (C=O) groups is 3. The number of amides is 3. The molecule has 1 aromatic carbocycles. The van der Waals surface area contributed by atoms with Crippen molar-refractivity contribution in [1.29, 1.82) is 0 Å². The molecule has 0 unspecified atom stereocenters. The summed E-state index contributed by atoms with van der Waals surface area (Å²) in [4.78, 5) is 56.3. The van der Waals surface area contributed by atoms with Crippen LogP contribution < -0.4 is 11.1 Å². The van der Waals surface area contributed by atoms with Crippen molar-refractivity contribution in [3.05, 3.63) is 35.9 Å². The number of phosphoric ester groups is 1. The third-order valence-electron chi connectivity index (χ3n) is 4.43. The summed E-state index contributed by atoms with van der Waals surface area (Å²) in [6, 6.07) is 6.55. The molecule has 0 spiro atoms. The quantitative estimate of drug-likeness (QED) is 0.425. The number of likely N-dealkylation sites (tertiary alicyclic amines) is 1. The summed E-state index contributed by atoms with van der Waals surface area (Å²) in [6.45, 7) is 1.51. The van der Waals surface area contributed by atoms with Crippen molar-refractivity contribution in [1.82, 2.24) is 10.2 Å². The fourth-order valence-corrected chi connectivity index (χ4v) is 3.72. The normalized spacial score (nSPS) is 19.1. The van der Waals surface area contributed by atoms with Gasteiger partial charge in [0.25, 0.3) is 0 Å². The standard InChI is InChI=1S/C17H24N3O7P/c1-11(27-28(24,25)26)15(17(23)20-9-5-8-13(20)16(18)22)19-14(21)10-12-6-3-2-4-7-12/h2-4,6-7,11,13,15H,5,8-10H2,1H3,(H2,18,22)(H,19,21)(H2,24,25,26)/t11-,13+,15+/m1/s1. The highest BCUT2D eigenvalue weighted by atomic mass is 31.2. The second kappa shape index (κ2) is 9.29. The first-order chi connectivity index (χ1) is 13.1. The Morgan fingerprint density at radius 1 is 1.32 bits per heavy atom. The Morgan fingerprint density at radius 3 is 2.54 bits per heavy atom. The first kappa shape index (κ1) is 22.0. The molecule has 2 rings (SSSR count).